The highest BCUT2D eigenvalue weighted by Crippen LogP contribution is 2.52. The van der Waals surface area contributed by atoms with Crippen LogP contribution < -0.4 is 5.32 Å². The Bertz CT molecular complexity index is 1200. The number of fused-ring (bicyclic) bond motifs is 4. The molecule has 4 heteroatoms. The van der Waals surface area contributed by atoms with Crippen LogP contribution >= 0.6 is 15.9 Å². The number of halogens is 1. The van der Waals surface area contributed by atoms with Crippen LogP contribution in [0.1, 0.15) is 54.4 Å². The fraction of sp³-hybridized carbons (Fsp3) is 0.333. The van der Waals surface area contributed by atoms with Gasteiger partial charge in [-0.3, -0.25) is 4.79 Å². The third-order valence-electron chi connectivity index (χ3n) is 7.54. The first-order valence-corrected chi connectivity index (χ1v) is 11.8. The number of carbonyl (C=O) groups excluding carboxylic acids is 1. The van der Waals surface area contributed by atoms with Gasteiger partial charge in [0, 0.05) is 10.0 Å². The summed E-state index contributed by atoms with van der Waals surface area (Å²) in [5, 5.41) is 15.1. The summed E-state index contributed by atoms with van der Waals surface area (Å²) < 4.78 is 0.966. The summed E-state index contributed by atoms with van der Waals surface area (Å²) in [5.74, 6) is 0.00439. The van der Waals surface area contributed by atoms with E-state index in [2.05, 4.69) is 58.5 Å². The van der Waals surface area contributed by atoms with Gasteiger partial charge in [0.05, 0.1) is 17.0 Å². The predicted molar refractivity (Wildman–Crippen MR) is 128 cm³/mol. The molecule has 0 aliphatic heterocycles. The van der Waals surface area contributed by atoms with Gasteiger partial charge in [0.25, 0.3) is 5.91 Å². The molecule has 3 nitrogen and oxygen atoms in total. The molecular formula is C27H25BrN2O. The highest BCUT2D eigenvalue weighted by molar-refractivity contribution is 9.10. The molecule has 3 saturated carbocycles. The molecule has 0 spiro atoms. The van der Waals surface area contributed by atoms with Crippen LogP contribution in [0.4, 0.5) is 0 Å². The quantitative estimate of drug-likeness (QED) is 0.449. The summed E-state index contributed by atoms with van der Waals surface area (Å²) in [7, 11) is 0. The SMILES string of the molecule is Cc1c(-c2ccccc2)cc2ccc(Br)cc2c1C(=O)NC12CCC(C#N)(CC1)CC2. The molecule has 3 aromatic carbocycles. The van der Waals surface area contributed by atoms with Crippen molar-refractivity contribution < 1.29 is 4.79 Å². The number of hydrogen-bond acceptors (Lipinski definition) is 2. The first kappa shape index (κ1) is 20.3. The van der Waals surface area contributed by atoms with Gasteiger partial charge in [-0.1, -0.05) is 52.3 Å². The Hall–Kier alpha value is -2.64. The Morgan fingerprint density at radius 1 is 1.00 bits per heavy atom. The van der Waals surface area contributed by atoms with Gasteiger partial charge < -0.3 is 5.32 Å². The van der Waals surface area contributed by atoms with Gasteiger partial charge in [-0.05, 0) is 91.1 Å². The highest BCUT2D eigenvalue weighted by atomic mass is 79.9. The van der Waals surface area contributed by atoms with Crippen molar-refractivity contribution in [2.45, 2.75) is 51.0 Å². The van der Waals surface area contributed by atoms with Gasteiger partial charge in [-0.2, -0.15) is 5.26 Å². The molecule has 6 rings (SSSR count). The number of rotatable bonds is 3. The maximum absolute atomic E-state index is 13.8. The molecular weight excluding hydrogens is 448 g/mol. The summed E-state index contributed by atoms with van der Waals surface area (Å²) in [6.07, 6.45) is 5.35. The number of nitrogens with one attached hydrogen (secondary N) is 1. The van der Waals surface area contributed by atoms with Crippen LogP contribution in [0.25, 0.3) is 21.9 Å². The second kappa shape index (κ2) is 7.50. The van der Waals surface area contributed by atoms with Crippen molar-refractivity contribution in [3.05, 3.63) is 70.2 Å². The standard InChI is InChI=1S/C27H25BrN2O/c1-18-22(19-5-3-2-4-6-19)15-20-7-8-21(28)16-23(20)24(18)25(31)30-27-12-9-26(17-29,10-13-27)11-14-27/h2-8,15-16H,9-14H2,1H3,(H,30,31). The van der Waals surface area contributed by atoms with Gasteiger partial charge in [-0.25, -0.2) is 0 Å². The predicted octanol–water partition coefficient (Wildman–Crippen LogP) is 6.92. The number of amides is 1. The lowest BCUT2D eigenvalue weighted by atomic mass is 9.58. The zero-order valence-corrected chi connectivity index (χ0v) is 19.3. The van der Waals surface area contributed by atoms with Crippen molar-refractivity contribution in [1.82, 2.24) is 5.32 Å². The van der Waals surface area contributed by atoms with Gasteiger partial charge in [0.15, 0.2) is 0 Å². The molecule has 156 valence electrons. The molecule has 31 heavy (non-hydrogen) atoms. The average Bonchev–Trinajstić information content (AvgIpc) is 2.80. The van der Waals surface area contributed by atoms with E-state index in [-0.39, 0.29) is 16.9 Å². The van der Waals surface area contributed by atoms with Crippen molar-refractivity contribution in [3.63, 3.8) is 0 Å². The minimum Gasteiger partial charge on any atom is -0.347 e. The minimum absolute atomic E-state index is 0.00439. The van der Waals surface area contributed by atoms with Crippen molar-refractivity contribution in [3.8, 4) is 17.2 Å². The number of carbonyl (C=O) groups is 1. The van der Waals surface area contributed by atoms with Crippen molar-refractivity contribution >= 4 is 32.6 Å². The van der Waals surface area contributed by atoms with Crippen LogP contribution in [0.3, 0.4) is 0 Å². The molecule has 3 fully saturated rings. The van der Waals surface area contributed by atoms with Crippen LogP contribution in [0.15, 0.2) is 59.1 Å². The summed E-state index contributed by atoms with van der Waals surface area (Å²) in [6.45, 7) is 2.05. The number of hydrogen-bond donors (Lipinski definition) is 1. The monoisotopic (exact) mass is 472 g/mol. The smallest absolute Gasteiger partial charge is 0.252 e. The van der Waals surface area contributed by atoms with E-state index in [1.165, 1.54) is 0 Å². The van der Waals surface area contributed by atoms with Crippen LogP contribution in [-0.2, 0) is 0 Å². The minimum atomic E-state index is -0.177. The zero-order chi connectivity index (χ0) is 21.6. The first-order chi connectivity index (χ1) is 14.9. The second-order valence-corrected chi connectivity index (χ2v) is 10.2. The lowest BCUT2D eigenvalue weighted by molar-refractivity contribution is 0.0522. The summed E-state index contributed by atoms with van der Waals surface area (Å²) in [6, 6.07) is 21.1. The third-order valence-corrected chi connectivity index (χ3v) is 8.03. The van der Waals surface area contributed by atoms with E-state index in [4.69, 9.17) is 0 Å². The van der Waals surface area contributed by atoms with Crippen molar-refractivity contribution in [1.29, 1.82) is 5.26 Å². The van der Waals surface area contributed by atoms with Crippen LogP contribution in [0.5, 0.6) is 0 Å². The lowest BCUT2D eigenvalue weighted by Gasteiger charge is -2.50. The van der Waals surface area contributed by atoms with E-state index >= 15 is 0 Å². The van der Waals surface area contributed by atoms with E-state index in [0.717, 1.165) is 76.0 Å². The van der Waals surface area contributed by atoms with Crippen LogP contribution in [-0.4, -0.2) is 11.4 Å². The third kappa shape index (κ3) is 3.46. The van der Waals surface area contributed by atoms with Gasteiger partial charge in [0.2, 0.25) is 0 Å². The van der Waals surface area contributed by atoms with Gasteiger partial charge in [-0.15, -0.1) is 0 Å². The molecule has 3 aromatic rings. The lowest BCUT2D eigenvalue weighted by Crippen LogP contribution is -2.56. The highest BCUT2D eigenvalue weighted by Gasteiger charge is 2.49. The topological polar surface area (TPSA) is 52.9 Å². The molecule has 1 N–H and O–H groups in total. The van der Waals surface area contributed by atoms with Crippen molar-refractivity contribution in [2.75, 3.05) is 0 Å². The molecule has 0 atom stereocenters. The molecule has 3 aliphatic carbocycles. The first-order valence-electron chi connectivity index (χ1n) is 11.0. The molecule has 0 saturated heterocycles. The van der Waals surface area contributed by atoms with E-state index in [1.807, 2.05) is 30.3 Å². The van der Waals surface area contributed by atoms with Crippen LogP contribution in [0, 0.1) is 23.7 Å². The van der Waals surface area contributed by atoms with Crippen molar-refractivity contribution in [2.24, 2.45) is 5.41 Å². The Morgan fingerprint density at radius 3 is 2.32 bits per heavy atom. The van der Waals surface area contributed by atoms with Crippen LogP contribution in [0.2, 0.25) is 0 Å². The fourth-order valence-corrected chi connectivity index (χ4v) is 5.89. The number of nitrogens with zero attached hydrogens (tertiary/aromatic N) is 1. The van der Waals surface area contributed by atoms with E-state index < -0.39 is 0 Å². The van der Waals surface area contributed by atoms with Gasteiger partial charge >= 0.3 is 0 Å². The maximum atomic E-state index is 13.8. The molecule has 1 amide bonds. The molecule has 0 aromatic heterocycles. The second-order valence-electron chi connectivity index (χ2n) is 9.28. The van der Waals surface area contributed by atoms with E-state index in [9.17, 15) is 10.1 Å². The Kier molecular flexibility index (Phi) is 4.90. The molecule has 0 heterocycles. The summed E-state index contributed by atoms with van der Waals surface area (Å²) >= 11 is 3.58. The average molecular weight is 473 g/mol. The van der Waals surface area contributed by atoms with E-state index in [1.54, 1.807) is 0 Å². The summed E-state index contributed by atoms with van der Waals surface area (Å²) in [4.78, 5) is 13.8. The fourth-order valence-electron chi connectivity index (χ4n) is 5.53. The Morgan fingerprint density at radius 2 is 1.68 bits per heavy atom. The number of benzene rings is 3. The largest absolute Gasteiger partial charge is 0.347 e. The normalized spacial score (nSPS) is 24.7. The van der Waals surface area contributed by atoms with E-state index in [0.29, 0.717) is 0 Å². The summed E-state index contributed by atoms with van der Waals surface area (Å²) in [5.41, 5.74) is 3.63. The zero-order valence-electron chi connectivity index (χ0n) is 17.7. The Balaban J connectivity index is 1.59. The molecule has 0 unspecified atom stereocenters. The molecule has 2 bridgehead atoms. The maximum Gasteiger partial charge on any atom is 0.252 e. The molecule has 0 radical (unpaired) electrons. The van der Waals surface area contributed by atoms with Gasteiger partial charge in [0.1, 0.15) is 0 Å². The Labute approximate surface area is 191 Å². The number of nitriles is 1. The molecule has 3 aliphatic rings.